The van der Waals surface area contributed by atoms with E-state index in [4.69, 9.17) is 9.15 Å². The Morgan fingerprint density at radius 1 is 1.27 bits per heavy atom. The lowest BCUT2D eigenvalue weighted by molar-refractivity contribution is -0.00222. The van der Waals surface area contributed by atoms with Crippen LogP contribution < -0.4 is 5.32 Å². The first kappa shape index (κ1) is 18.9. The zero-order chi connectivity index (χ0) is 20.5. The summed E-state index contributed by atoms with van der Waals surface area (Å²) in [5.41, 5.74) is 2.88. The third kappa shape index (κ3) is 3.73. The van der Waals surface area contributed by atoms with E-state index in [9.17, 15) is 4.79 Å². The van der Waals surface area contributed by atoms with Crippen molar-refractivity contribution in [2.75, 3.05) is 25.0 Å². The second-order valence-corrected chi connectivity index (χ2v) is 8.18. The molecule has 6 rings (SSSR count). The Morgan fingerprint density at radius 2 is 2.13 bits per heavy atom. The molecule has 3 saturated heterocycles. The summed E-state index contributed by atoms with van der Waals surface area (Å²) in [4.78, 5) is 14.6. The number of para-hydroxylation sites is 1. The lowest BCUT2D eigenvalue weighted by Crippen LogP contribution is -2.54. The van der Waals surface area contributed by atoms with Crippen molar-refractivity contribution in [2.45, 2.75) is 24.8 Å². The topological polar surface area (TPSA) is 72.5 Å². The number of aryl methyl sites for hydroxylation is 1. The number of nitrogens with one attached hydrogen (secondary N) is 1. The van der Waals surface area contributed by atoms with Gasteiger partial charge in [0.25, 0.3) is 0 Å². The van der Waals surface area contributed by atoms with Crippen LogP contribution in [0.5, 0.6) is 0 Å². The average Bonchev–Trinajstić information content (AvgIpc) is 3.43. The van der Waals surface area contributed by atoms with Gasteiger partial charge in [-0.2, -0.15) is 5.10 Å². The molecule has 1 amide bonds. The monoisotopic (exact) mass is 406 g/mol. The summed E-state index contributed by atoms with van der Waals surface area (Å²) in [6.45, 7) is 2.44. The molecule has 0 spiro atoms. The molecular formula is C23H26N4O3. The van der Waals surface area contributed by atoms with Crippen molar-refractivity contribution in [1.29, 1.82) is 0 Å². The third-order valence-corrected chi connectivity index (χ3v) is 6.38. The van der Waals surface area contributed by atoms with Crippen LogP contribution in [0.3, 0.4) is 0 Å². The van der Waals surface area contributed by atoms with Crippen molar-refractivity contribution < 1.29 is 13.9 Å². The Hall–Kier alpha value is -3.06. The van der Waals surface area contributed by atoms with Gasteiger partial charge in [0.1, 0.15) is 12.3 Å². The largest absolute Gasteiger partial charge is 0.463 e. The maximum Gasteiger partial charge on any atom is 0.411 e. The van der Waals surface area contributed by atoms with Gasteiger partial charge in [0.2, 0.25) is 0 Å². The van der Waals surface area contributed by atoms with Crippen LogP contribution in [-0.4, -0.2) is 46.5 Å². The van der Waals surface area contributed by atoms with Gasteiger partial charge in [-0.25, -0.2) is 4.79 Å². The molecule has 3 aromatic rings. The number of nitrogens with zero attached hydrogens (tertiary/aromatic N) is 3. The van der Waals surface area contributed by atoms with E-state index in [1.165, 1.54) is 12.1 Å². The standard InChI is InChI=1S/C23H26N4O3/c1-26-21(13-20(25-26)22-8-5-11-29-22)19-14-27-10-9-16(19)12-18(27)15-30-23(28)24-17-6-3-2-4-7-17/h2-8,11,13,16,18-19H,9-10,12,14-15H2,1H3,(H,24,28)/t16-,18+,19-/m0/s1. The molecule has 156 valence electrons. The van der Waals surface area contributed by atoms with Gasteiger partial charge < -0.3 is 9.15 Å². The van der Waals surface area contributed by atoms with Crippen LogP contribution in [0.2, 0.25) is 0 Å². The number of piperidine rings is 3. The van der Waals surface area contributed by atoms with Crippen LogP contribution in [0.25, 0.3) is 11.5 Å². The number of fused-ring (bicyclic) bond motifs is 3. The van der Waals surface area contributed by atoms with Crippen molar-refractivity contribution in [3.63, 3.8) is 0 Å². The SMILES string of the molecule is Cn1nc(-c2ccco2)cc1[C@H]1CN2CC[C@H]1C[C@@H]2COC(=O)Nc1ccccc1. The first-order valence-corrected chi connectivity index (χ1v) is 10.5. The van der Waals surface area contributed by atoms with E-state index in [1.54, 1.807) is 6.26 Å². The predicted molar refractivity (Wildman–Crippen MR) is 113 cm³/mol. The maximum atomic E-state index is 12.1. The molecule has 3 fully saturated rings. The number of hydrogen-bond acceptors (Lipinski definition) is 5. The molecule has 1 unspecified atom stereocenters. The molecule has 5 heterocycles. The first-order valence-electron chi connectivity index (χ1n) is 10.5. The van der Waals surface area contributed by atoms with Crippen LogP contribution in [0.15, 0.2) is 59.2 Å². The quantitative estimate of drug-likeness (QED) is 0.690. The fourth-order valence-corrected chi connectivity index (χ4v) is 4.87. The predicted octanol–water partition coefficient (Wildman–Crippen LogP) is 4.11. The summed E-state index contributed by atoms with van der Waals surface area (Å²) in [7, 11) is 2.01. The van der Waals surface area contributed by atoms with E-state index < -0.39 is 6.09 Å². The molecule has 7 heteroatoms. The highest BCUT2D eigenvalue weighted by molar-refractivity contribution is 5.84. The number of rotatable bonds is 5. The highest BCUT2D eigenvalue weighted by Gasteiger charge is 2.42. The second-order valence-electron chi connectivity index (χ2n) is 8.18. The Labute approximate surface area is 175 Å². The molecule has 4 atom stereocenters. The number of anilines is 1. The normalized spacial score (nSPS) is 25.2. The summed E-state index contributed by atoms with van der Waals surface area (Å²) in [5.74, 6) is 1.81. The number of hydrogen-bond donors (Lipinski definition) is 1. The zero-order valence-electron chi connectivity index (χ0n) is 17.0. The van der Waals surface area contributed by atoms with Crippen LogP contribution in [-0.2, 0) is 11.8 Å². The number of carbonyl (C=O) groups excluding carboxylic acids is 1. The van der Waals surface area contributed by atoms with Crippen LogP contribution >= 0.6 is 0 Å². The molecule has 2 bridgehead atoms. The number of aromatic nitrogens is 2. The number of carbonyl (C=O) groups is 1. The highest BCUT2D eigenvalue weighted by Crippen LogP contribution is 2.42. The smallest absolute Gasteiger partial charge is 0.411 e. The van der Waals surface area contributed by atoms with Crippen molar-refractivity contribution in [3.05, 3.63) is 60.5 Å². The molecule has 0 saturated carbocycles. The van der Waals surface area contributed by atoms with E-state index in [1.807, 2.05) is 54.2 Å². The summed E-state index contributed by atoms with van der Waals surface area (Å²) in [6.07, 6.45) is 3.48. The van der Waals surface area contributed by atoms with E-state index in [-0.39, 0.29) is 6.04 Å². The fourth-order valence-electron chi connectivity index (χ4n) is 4.87. The molecule has 30 heavy (non-hydrogen) atoms. The summed E-state index contributed by atoms with van der Waals surface area (Å²) in [5, 5.41) is 7.44. The first-order chi connectivity index (χ1) is 14.7. The van der Waals surface area contributed by atoms with Crippen LogP contribution in [0, 0.1) is 5.92 Å². The van der Waals surface area contributed by atoms with E-state index >= 15 is 0 Å². The molecule has 2 aromatic heterocycles. The third-order valence-electron chi connectivity index (χ3n) is 6.38. The van der Waals surface area contributed by atoms with E-state index in [0.29, 0.717) is 18.4 Å². The summed E-state index contributed by atoms with van der Waals surface area (Å²) >= 11 is 0. The summed E-state index contributed by atoms with van der Waals surface area (Å²) < 4.78 is 13.0. The number of furan rings is 1. The molecule has 7 nitrogen and oxygen atoms in total. The lowest BCUT2D eigenvalue weighted by atomic mass is 9.74. The maximum absolute atomic E-state index is 12.1. The van der Waals surface area contributed by atoms with Gasteiger partial charge in [-0.3, -0.25) is 14.9 Å². The zero-order valence-corrected chi connectivity index (χ0v) is 17.0. The molecule has 1 aromatic carbocycles. The number of amides is 1. The van der Waals surface area contributed by atoms with Gasteiger partial charge in [-0.05, 0) is 55.6 Å². The lowest BCUT2D eigenvalue weighted by Gasteiger charge is -2.49. The Bertz CT molecular complexity index is 999. The molecule has 3 aliphatic rings. The highest BCUT2D eigenvalue weighted by atomic mass is 16.5. The van der Waals surface area contributed by atoms with Gasteiger partial charge >= 0.3 is 6.09 Å². The fraction of sp³-hybridized carbons (Fsp3) is 0.391. The second kappa shape index (κ2) is 7.99. The summed E-state index contributed by atoms with van der Waals surface area (Å²) in [6, 6.07) is 15.6. The van der Waals surface area contributed by atoms with Crippen molar-refractivity contribution in [2.24, 2.45) is 13.0 Å². The van der Waals surface area contributed by atoms with Crippen molar-refractivity contribution >= 4 is 11.8 Å². The van der Waals surface area contributed by atoms with Gasteiger partial charge in [-0.1, -0.05) is 18.2 Å². The van der Waals surface area contributed by atoms with Crippen molar-refractivity contribution in [3.8, 4) is 11.5 Å². The van der Waals surface area contributed by atoms with Crippen LogP contribution in [0.4, 0.5) is 10.5 Å². The Kier molecular flexibility index (Phi) is 5.04. The van der Waals surface area contributed by atoms with E-state index in [2.05, 4.69) is 21.4 Å². The molecule has 0 aliphatic carbocycles. The van der Waals surface area contributed by atoms with Crippen molar-refractivity contribution in [1.82, 2.24) is 14.7 Å². The minimum absolute atomic E-state index is 0.277. The van der Waals surface area contributed by atoms with Gasteiger partial charge in [0.15, 0.2) is 5.76 Å². The van der Waals surface area contributed by atoms with E-state index in [0.717, 1.165) is 36.7 Å². The Morgan fingerprint density at radius 3 is 2.87 bits per heavy atom. The molecular weight excluding hydrogens is 380 g/mol. The molecule has 3 aliphatic heterocycles. The van der Waals surface area contributed by atoms with Gasteiger partial charge in [-0.15, -0.1) is 0 Å². The molecule has 0 radical (unpaired) electrons. The number of benzene rings is 1. The van der Waals surface area contributed by atoms with Gasteiger partial charge in [0.05, 0.1) is 6.26 Å². The Balaban J connectivity index is 1.21. The molecule has 1 N–H and O–H groups in total. The van der Waals surface area contributed by atoms with Gasteiger partial charge in [0, 0.05) is 36.9 Å². The minimum atomic E-state index is -0.393. The minimum Gasteiger partial charge on any atom is -0.463 e. The van der Waals surface area contributed by atoms with Crippen LogP contribution in [0.1, 0.15) is 24.5 Å². The number of ether oxygens (including phenoxy) is 1. The average molecular weight is 406 g/mol.